The first kappa shape index (κ1) is 21.0. The van der Waals surface area contributed by atoms with Crippen LogP contribution in [-0.4, -0.2) is 43.5 Å². The highest BCUT2D eigenvalue weighted by Gasteiger charge is 2.23. The van der Waals surface area contributed by atoms with E-state index in [2.05, 4.69) is 15.5 Å². The number of carbonyl (C=O) groups excluding carboxylic acids is 1. The molecule has 1 aromatic carbocycles. The van der Waals surface area contributed by atoms with E-state index in [1.807, 2.05) is 52.0 Å². The second-order valence-corrected chi connectivity index (χ2v) is 8.61. The van der Waals surface area contributed by atoms with Crippen LogP contribution in [0.25, 0.3) is 5.69 Å². The highest BCUT2D eigenvalue weighted by Crippen LogP contribution is 2.22. The Labute approximate surface area is 163 Å². The van der Waals surface area contributed by atoms with Crippen LogP contribution in [0, 0.1) is 12.3 Å². The van der Waals surface area contributed by atoms with Gasteiger partial charge in [-0.05, 0) is 37.3 Å². The van der Waals surface area contributed by atoms with E-state index >= 15 is 0 Å². The van der Waals surface area contributed by atoms with Gasteiger partial charge in [-0.25, -0.2) is 4.79 Å². The van der Waals surface area contributed by atoms with Gasteiger partial charge in [-0.1, -0.05) is 50.2 Å². The zero-order chi connectivity index (χ0) is 20.0. The van der Waals surface area contributed by atoms with Gasteiger partial charge in [0.15, 0.2) is 5.16 Å². The number of aliphatic carboxylic acids is 1. The highest BCUT2D eigenvalue weighted by atomic mass is 32.2. The summed E-state index contributed by atoms with van der Waals surface area (Å²) < 4.78 is 1.80. The molecule has 0 saturated carbocycles. The van der Waals surface area contributed by atoms with Crippen molar-refractivity contribution in [2.24, 2.45) is 5.41 Å². The molecular weight excluding hydrogens is 364 g/mol. The van der Waals surface area contributed by atoms with Crippen LogP contribution in [0.2, 0.25) is 0 Å². The van der Waals surface area contributed by atoms with Crippen molar-refractivity contribution < 1.29 is 14.7 Å². The fourth-order valence-corrected chi connectivity index (χ4v) is 3.15. The number of thioether (sulfide) groups is 1. The SMILES string of the molecule is Cc1ccc(-n2cnnc2SCC(=O)NC(CCC(C)(C)C)C(=O)O)cc1. The molecule has 0 spiro atoms. The number of carboxylic acids is 1. The van der Waals surface area contributed by atoms with Gasteiger partial charge >= 0.3 is 5.97 Å². The first-order chi connectivity index (χ1) is 12.7. The van der Waals surface area contributed by atoms with Gasteiger partial charge in [-0.15, -0.1) is 10.2 Å². The molecule has 0 aliphatic carbocycles. The van der Waals surface area contributed by atoms with Crippen LogP contribution < -0.4 is 5.32 Å². The molecule has 0 aliphatic heterocycles. The summed E-state index contributed by atoms with van der Waals surface area (Å²) in [5.74, 6) is -1.27. The second-order valence-electron chi connectivity index (χ2n) is 7.67. The third kappa shape index (κ3) is 6.71. The smallest absolute Gasteiger partial charge is 0.326 e. The Bertz CT molecular complexity index is 781. The molecule has 0 saturated heterocycles. The Kier molecular flexibility index (Phi) is 7.01. The van der Waals surface area contributed by atoms with Gasteiger partial charge in [-0.2, -0.15) is 0 Å². The van der Waals surface area contributed by atoms with E-state index < -0.39 is 12.0 Å². The number of rotatable bonds is 8. The average molecular weight is 391 g/mol. The lowest BCUT2D eigenvalue weighted by molar-refractivity contribution is -0.141. The molecular formula is C19H26N4O3S. The summed E-state index contributed by atoms with van der Waals surface area (Å²) in [5, 5.41) is 20.5. The largest absolute Gasteiger partial charge is 0.480 e. The van der Waals surface area contributed by atoms with Gasteiger partial charge in [0.05, 0.1) is 5.75 Å². The van der Waals surface area contributed by atoms with Crippen LogP contribution >= 0.6 is 11.8 Å². The second kappa shape index (κ2) is 9.03. The van der Waals surface area contributed by atoms with Crippen LogP contribution in [0.5, 0.6) is 0 Å². The predicted molar refractivity (Wildman–Crippen MR) is 105 cm³/mol. The molecule has 0 fully saturated rings. The Hall–Kier alpha value is -2.35. The Balaban J connectivity index is 1.94. The van der Waals surface area contributed by atoms with E-state index in [4.69, 9.17) is 0 Å². The fourth-order valence-electron chi connectivity index (χ4n) is 2.41. The minimum Gasteiger partial charge on any atom is -0.480 e. The maximum absolute atomic E-state index is 12.2. The highest BCUT2D eigenvalue weighted by molar-refractivity contribution is 7.99. The van der Waals surface area contributed by atoms with Crippen LogP contribution in [-0.2, 0) is 9.59 Å². The van der Waals surface area contributed by atoms with Gasteiger partial charge < -0.3 is 10.4 Å². The summed E-state index contributed by atoms with van der Waals surface area (Å²) in [5.41, 5.74) is 2.06. The van der Waals surface area contributed by atoms with Crippen molar-refractivity contribution in [2.75, 3.05) is 5.75 Å². The number of carbonyl (C=O) groups is 2. The summed E-state index contributed by atoms with van der Waals surface area (Å²) in [6.07, 6.45) is 2.70. The molecule has 7 nitrogen and oxygen atoms in total. The van der Waals surface area contributed by atoms with Crippen molar-refractivity contribution >= 4 is 23.6 Å². The van der Waals surface area contributed by atoms with E-state index in [1.54, 1.807) is 10.9 Å². The number of nitrogens with one attached hydrogen (secondary N) is 1. The number of benzene rings is 1. The monoisotopic (exact) mass is 390 g/mol. The molecule has 8 heteroatoms. The van der Waals surface area contributed by atoms with Crippen molar-refractivity contribution in [2.45, 2.75) is 51.7 Å². The summed E-state index contributed by atoms with van der Waals surface area (Å²) >= 11 is 1.22. The number of carboxylic acid groups (broad SMARTS) is 1. The topological polar surface area (TPSA) is 97.1 Å². The summed E-state index contributed by atoms with van der Waals surface area (Å²) in [4.78, 5) is 23.6. The van der Waals surface area contributed by atoms with Crippen LogP contribution in [0.3, 0.4) is 0 Å². The van der Waals surface area contributed by atoms with Gasteiger partial charge in [-0.3, -0.25) is 9.36 Å². The fraction of sp³-hybridized carbons (Fsp3) is 0.474. The molecule has 0 aliphatic rings. The Morgan fingerprint density at radius 2 is 1.93 bits per heavy atom. The molecule has 0 bridgehead atoms. The number of amides is 1. The summed E-state index contributed by atoms with van der Waals surface area (Å²) in [7, 11) is 0. The Morgan fingerprint density at radius 1 is 1.26 bits per heavy atom. The molecule has 1 heterocycles. The molecule has 1 aromatic heterocycles. The molecule has 0 radical (unpaired) electrons. The molecule has 1 unspecified atom stereocenters. The van der Waals surface area contributed by atoms with E-state index in [9.17, 15) is 14.7 Å². The third-order valence-corrected chi connectivity index (χ3v) is 4.92. The third-order valence-electron chi connectivity index (χ3n) is 3.98. The van der Waals surface area contributed by atoms with Crippen molar-refractivity contribution in [3.8, 4) is 5.69 Å². The van der Waals surface area contributed by atoms with E-state index in [0.717, 1.165) is 11.3 Å². The van der Waals surface area contributed by atoms with Crippen LogP contribution in [0.1, 0.15) is 39.2 Å². The summed E-state index contributed by atoms with van der Waals surface area (Å²) in [6, 6.07) is 7.00. The van der Waals surface area contributed by atoms with Crippen molar-refractivity contribution in [3.63, 3.8) is 0 Å². The summed E-state index contributed by atoms with van der Waals surface area (Å²) in [6.45, 7) is 8.14. The van der Waals surface area contributed by atoms with E-state index in [0.29, 0.717) is 18.0 Å². The first-order valence-electron chi connectivity index (χ1n) is 8.78. The average Bonchev–Trinajstić information content (AvgIpc) is 3.05. The lowest BCUT2D eigenvalue weighted by Gasteiger charge is -2.21. The quantitative estimate of drug-likeness (QED) is 0.673. The van der Waals surface area contributed by atoms with Gasteiger partial charge in [0.1, 0.15) is 12.4 Å². The number of aromatic nitrogens is 3. The molecule has 146 valence electrons. The minimum atomic E-state index is -1.01. The van der Waals surface area contributed by atoms with E-state index in [1.165, 1.54) is 11.8 Å². The molecule has 27 heavy (non-hydrogen) atoms. The van der Waals surface area contributed by atoms with Crippen molar-refractivity contribution in [3.05, 3.63) is 36.2 Å². The lowest BCUT2D eigenvalue weighted by Crippen LogP contribution is -2.42. The molecule has 2 aromatic rings. The van der Waals surface area contributed by atoms with Crippen LogP contribution in [0.4, 0.5) is 0 Å². The molecule has 2 rings (SSSR count). The van der Waals surface area contributed by atoms with Gasteiger partial charge in [0, 0.05) is 5.69 Å². The number of nitrogens with zero attached hydrogens (tertiary/aromatic N) is 3. The normalized spacial score (nSPS) is 12.6. The molecule has 2 N–H and O–H groups in total. The van der Waals surface area contributed by atoms with E-state index in [-0.39, 0.29) is 17.1 Å². The number of hydrogen-bond acceptors (Lipinski definition) is 5. The maximum atomic E-state index is 12.2. The lowest BCUT2D eigenvalue weighted by atomic mass is 9.88. The minimum absolute atomic E-state index is 0.0115. The number of aryl methyl sites for hydroxylation is 1. The zero-order valence-corrected chi connectivity index (χ0v) is 16.9. The zero-order valence-electron chi connectivity index (χ0n) is 16.1. The van der Waals surface area contributed by atoms with Crippen molar-refractivity contribution in [1.29, 1.82) is 0 Å². The number of hydrogen-bond donors (Lipinski definition) is 2. The molecule has 1 atom stereocenters. The first-order valence-corrected chi connectivity index (χ1v) is 9.76. The molecule has 1 amide bonds. The van der Waals surface area contributed by atoms with Gasteiger partial charge in [0.25, 0.3) is 0 Å². The predicted octanol–water partition coefficient (Wildman–Crippen LogP) is 3.06. The maximum Gasteiger partial charge on any atom is 0.326 e. The Morgan fingerprint density at radius 3 is 2.52 bits per heavy atom. The van der Waals surface area contributed by atoms with Crippen molar-refractivity contribution in [1.82, 2.24) is 20.1 Å². The van der Waals surface area contributed by atoms with Gasteiger partial charge in [0.2, 0.25) is 5.91 Å². The standard InChI is InChI=1S/C19H26N4O3S/c1-13-5-7-14(8-6-13)23-12-20-22-18(23)27-11-16(24)21-15(17(25)26)9-10-19(2,3)4/h5-8,12,15H,9-11H2,1-4H3,(H,21,24)(H,25,26). The van der Waals surface area contributed by atoms with Crippen LogP contribution in [0.15, 0.2) is 35.7 Å².